The van der Waals surface area contributed by atoms with E-state index in [2.05, 4.69) is 10.3 Å². The number of thiophene rings is 1. The van der Waals surface area contributed by atoms with Crippen molar-refractivity contribution in [3.05, 3.63) is 76.8 Å². The van der Waals surface area contributed by atoms with Crippen LogP contribution in [0.25, 0.3) is 21.3 Å². The van der Waals surface area contributed by atoms with Gasteiger partial charge < -0.3 is 5.32 Å². The number of hydrogen-bond acceptors (Lipinski definition) is 5. The molecule has 5 rings (SSSR count). The van der Waals surface area contributed by atoms with Gasteiger partial charge in [-0.1, -0.05) is 11.6 Å². The van der Waals surface area contributed by atoms with Gasteiger partial charge in [-0.15, -0.1) is 11.3 Å². The van der Waals surface area contributed by atoms with Crippen molar-refractivity contribution in [3.8, 4) is 11.3 Å². The van der Waals surface area contributed by atoms with Crippen molar-refractivity contribution >= 4 is 60.3 Å². The molecule has 3 heterocycles. The highest BCUT2D eigenvalue weighted by atomic mass is 35.5. The molecule has 0 atom stereocenters. The van der Waals surface area contributed by atoms with E-state index in [1.54, 1.807) is 53.9 Å². The van der Waals surface area contributed by atoms with Gasteiger partial charge in [0.1, 0.15) is 0 Å². The Kier molecular flexibility index (Phi) is 5.36. The number of carbonyl (C=O) groups is 1. The van der Waals surface area contributed by atoms with Gasteiger partial charge in [-0.05, 0) is 71.8 Å². The summed E-state index contributed by atoms with van der Waals surface area (Å²) in [4.78, 5) is 17.3. The predicted molar refractivity (Wildman–Crippen MR) is 130 cm³/mol. The van der Waals surface area contributed by atoms with Gasteiger partial charge in [0, 0.05) is 29.6 Å². The van der Waals surface area contributed by atoms with E-state index in [0.717, 1.165) is 21.3 Å². The van der Waals surface area contributed by atoms with E-state index in [1.165, 1.54) is 4.31 Å². The van der Waals surface area contributed by atoms with Crippen LogP contribution in [0, 0.1) is 0 Å². The Morgan fingerprint density at radius 2 is 1.91 bits per heavy atom. The predicted octanol–water partition coefficient (Wildman–Crippen LogP) is 5.41. The molecule has 0 radical (unpaired) electrons. The van der Waals surface area contributed by atoms with Crippen LogP contribution in [0.4, 0.5) is 11.4 Å². The summed E-state index contributed by atoms with van der Waals surface area (Å²) in [6.07, 6.45) is 2.35. The lowest BCUT2D eigenvalue weighted by atomic mass is 10.1. The largest absolute Gasteiger partial charge is 0.322 e. The van der Waals surface area contributed by atoms with Crippen molar-refractivity contribution in [1.29, 1.82) is 0 Å². The Morgan fingerprint density at radius 1 is 1.09 bits per heavy atom. The summed E-state index contributed by atoms with van der Waals surface area (Å²) in [6, 6.07) is 15.8. The Morgan fingerprint density at radius 3 is 2.66 bits per heavy atom. The first-order valence-corrected chi connectivity index (χ1v) is 12.8. The van der Waals surface area contributed by atoms with Crippen molar-refractivity contribution in [3.63, 3.8) is 0 Å². The minimum Gasteiger partial charge on any atom is -0.322 e. The average Bonchev–Trinajstić information content (AvgIpc) is 3.41. The lowest BCUT2D eigenvalue weighted by Gasteiger charge is -2.17. The second-order valence-corrected chi connectivity index (χ2v) is 10.8. The van der Waals surface area contributed by atoms with Gasteiger partial charge in [0.25, 0.3) is 5.91 Å². The van der Waals surface area contributed by atoms with Gasteiger partial charge in [-0.2, -0.15) is 0 Å². The molecule has 2 aromatic carbocycles. The summed E-state index contributed by atoms with van der Waals surface area (Å²) in [5.41, 5.74) is 3.11. The maximum atomic E-state index is 12.8. The molecule has 1 aliphatic heterocycles. The van der Waals surface area contributed by atoms with E-state index in [-0.39, 0.29) is 11.7 Å². The molecule has 0 spiro atoms. The molecule has 0 aliphatic carbocycles. The van der Waals surface area contributed by atoms with Crippen molar-refractivity contribution in [2.75, 3.05) is 21.9 Å². The van der Waals surface area contributed by atoms with Crippen LogP contribution in [0.15, 0.2) is 66.2 Å². The summed E-state index contributed by atoms with van der Waals surface area (Å²) in [6.45, 7) is 0.465. The Balaban J connectivity index is 1.39. The van der Waals surface area contributed by atoms with Crippen molar-refractivity contribution < 1.29 is 13.2 Å². The van der Waals surface area contributed by atoms with Crippen LogP contribution >= 0.6 is 22.9 Å². The number of amides is 1. The lowest BCUT2D eigenvalue weighted by molar-refractivity contribution is 0.102. The fourth-order valence-electron chi connectivity index (χ4n) is 3.78. The maximum absolute atomic E-state index is 12.8. The highest BCUT2D eigenvalue weighted by Gasteiger charge is 2.28. The smallest absolute Gasteiger partial charge is 0.255 e. The number of hydrogen-bond donors (Lipinski definition) is 1. The highest BCUT2D eigenvalue weighted by Crippen LogP contribution is 2.36. The van der Waals surface area contributed by atoms with Gasteiger partial charge in [0.05, 0.1) is 26.9 Å². The molecule has 0 saturated carbocycles. The standard InChI is InChI=1S/C23H18ClN3O3S2/c24-20-7-4-17(14-19(20)21-22-15(8-10-25-21)9-12-31-22)26-23(28)16-2-5-18(6-3-16)27-11-1-13-32(27,29)30/h2-10,12,14H,1,11,13H2,(H,26,28). The second-order valence-electron chi connectivity index (χ2n) is 7.44. The SMILES string of the molecule is O=C(Nc1ccc(Cl)c(-c2nccc3ccsc23)c1)c1ccc(N2CCCS2(=O)=O)cc1. The number of aromatic nitrogens is 1. The summed E-state index contributed by atoms with van der Waals surface area (Å²) < 4.78 is 26.6. The molecule has 1 aliphatic rings. The molecule has 0 unspecified atom stereocenters. The number of nitrogens with zero attached hydrogens (tertiary/aromatic N) is 2. The van der Waals surface area contributed by atoms with Gasteiger partial charge in [0.2, 0.25) is 10.0 Å². The molecule has 4 aromatic rings. The third kappa shape index (κ3) is 3.85. The number of benzene rings is 2. The van der Waals surface area contributed by atoms with E-state index < -0.39 is 10.0 Å². The summed E-state index contributed by atoms with van der Waals surface area (Å²) in [5, 5.41) is 6.53. The molecule has 1 amide bonds. The van der Waals surface area contributed by atoms with Crippen LogP contribution in [0.3, 0.4) is 0 Å². The molecular weight excluding hydrogens is 466 g/mol. The number of nitrogens with one attached hydrogen (secondary N) is 1. The van der Waals surface area contributed by atoms with Gasteiger partial charge in [0.15, 0.2) is 0 Å². The number of fused-ring (bicyclic) bond motifs is 1. The number of pyridine rings is 1. The highest BCUT2D eigenvalue weighted by molar-refractivity contribution is 7.93. The van der Waals surface area contributed by atoms with Crippen molar-refractivity contribution in [1.82, 2.24) is 4.98 Å². The summed E-state index contributed by atoms with van der Waals surface area (Å²) in [5.74, 6) is -0.140. The third-order valence-electron chi connectivity index (χ3n) is 5.36. The monoisotopic (exact) mass is 483 g/mol. The minimum atomic E-state index is -3.25. The van der Waals surface area contributed by atoms with Crippen LogP contribution in [0.2, 0.25) is 5.02 Å². The number of sulfonamides is 1. The van der Waals surface area contributed by atoms with E-state index in [4.69, 9.17) is 11.6 Å². The fourth-order valence-corrected chi connectivity index (χ4v) is 6.45. The third-order valence-corrected chi connectivity index (χ3v) is 8.50. The summed E-state index contributed by atoms with van der Waals surface area (Å²) >= 11 is 8.04. The molecule has 0 bridgehead atoms. The molecule has 9 heteroatoms. The number of anilines is 2. The molecule has 1 saturated heterocycles. The lowest BCUT2D eigenvalue weighted by Crippen LogP contribution is -2.25. The van der Waals surface area contributed by atoms with E-state index in [9.17, 15) is 13.2 Å². The molecule has 6 nitrogen and oxygen atoms in total. The Labute approximate surface area is 194 Å². The van der Waals surface area contributed by atoms with E-state index >= 15 is 0 Å². The van der Waals surface area contributed by atoms with Gasteiger partial charge in [-0.3, -0.25) is 14.1 Å². The zero-order valence-electron chi connectivity index (χ0n) is 16.8. The first kappa shape index (κ1) is 20.9. The second kappa shape index (κ2) is 8.20. The van der Waals surface area contributed by atoms with Crippen LogP contribution in [-0.4, -0.2) is 31.6 Å². The van der Waals surface area contributed by atoms with Crippen LogP contribution in [0.1, 0.15) is 16.8 Å². The topological polar surface area (TPSA) is 79.4 Å². The maximum Gasteiger partial charge on any atom is 0.255 e. The quantitative estimate of drug-likeness (QED) is 0.421. The zero-order valence-corrected chi connectivity index (χ0v) is 19.2. The normalized spacial score (nSPS) is 15.2. The summed E-state index contributed by atoms with van der Waals surface area (Å²) in [7, 11) is -3.25. The van der Waals surface area contributed by atoms with E-state index in [1.807, 2.05) is 23.6 Å². The molecule has 1 N–H and O–H groups in total. The number of rotatable bonds is 4. The van der Waals surface area contributed by atoms with Gasteiger partial charge >= 0.3 is 0 Å². The molecule has 32 heavy (non-hydrogen) atoms. The number of carbonyl (C=O) groups excluding carboxylic acids is 1. The first-order chi connectivity index (χ1) is 15.4. The fraction of sp³-hybridized carbons (Fsp3) is 0.130. The Hall–Kier alpha value is -2.94. The van der Waals surface area contributed by atoms with Crippen molar-refractivity contribution in [2.24, 2.45) is 0 Å². The zero-order chi connectivity index (χ0) is 22.3. The minimum absolute atomic E-state index is 0.155. The van der Waals surface area contributed by atoms with E-state index in [0.29, 0.717) is 34.9 Å². The van der Waals surface area contributed by atoms with Crippen molar-refractivity contribution in [2.45, 2.75) is 6.42 Å². The molecule has 2 aromatic heterocycles. The first-order valence-electron chi connectivity index (χ1n) is 9.96. The molecule has 1 fully saturated rings. The van der Waals surface area contributed by atoms with Crippen LogP contribution < -0.4 is 9.62 Å². The molecule has 162 valence electrons. The molecular formula is C23H18ClN3O3S2. The van der Waals surface area contributed by atoms with Gasteiger partial charge in [-0.25, -0.2) is 8.42 Å². The van der Waals surface area contributed by atoms with Crippen LogP contribution in [-0.2, 0) is 10.0 Å². The Bertz CT molecular complexity index is 1430. The number of halogens is 1. The van der Waals surface area contributed by atoms with Crippen LogP contribution in [0.5, 0.6) is 0 Å². The average molecular weight is 484 g/mol.